The fourth-order valence-corrected chi connectivity index (χ4v) is 3.12. The largest absolute Gasteiger partial charge is 0.497 e. The number of hydrogen-bond donors (Lipinski definition) is 1. The molecule has 134 valence electrons. The van der Waals surface area contributed by atoms with Crippen LogP contribution in [0.3, 0.4) is 0 Å². The van der Waals surface area contributed by atoms with Crippen LogP contribution in [0.25, 0.3) is 0 Å². The van der Waals surface area contributed by atoms with Crippen LogP contribution in [0.5, 0.6) is 5.75 Å². The average molecular weight is 388 g/mol. The van der Waals surface area contributed by atoms with Crippen molar-refractivity contribution in [2.45, 2.75) is 11.4 Å². The van der Waals surface area contributed by atoms with Crippen molar-refractivity contribution in [3.63, 3.8) is 0 Å². The number of thioether (sulfide) groups is 1. The van der Waals surface area contributed by atoms with Crippen molar-refractivity contribution in [3.05, 3.63) is 71.0 Å². The van der Waals surface area contributed by atoms with Gasteiger partial charge in [0.2, 0.25) is 0 Å². The fourth-order valence-electron chi connectivity index (χ4n) is 2.48. The minimum atomic E-state index is -0.258. The van der Waals surface area contributed by atoms with Gasteiger partial charge in [0.15, 0.2) is 0 Å². The van der Waals surface area contributed by atoms with Crippen LogP contribution in [0.15, 0.2) is 59.8 Å². The van der Waals surface area contributed by atoms with Gasteiger partial charge in [-0.15, -0.1) is 11.8 Å². The maximum absolute atomic E-state index is 12.5. The highest BCUT2D eigenvalue weighted by Crippen LogP contribution is 2.24. The average Bonchev–Trinajstić information content (AvgIpc) is 3.09. The monoisotopic (exact) mass is 387 g/mol. The first-order chi connectivity index (χ1) is 12.6. The summed E-state index contributed by atoms with van der Waals surface area (Å²) in [4.78, 5) is 13.5. The third kappa shape index (κ3) is 4.39. The van der Waals surface area contributed by atoms with Crippen LogP contribution in [0.1, 0.15) is 15.9 Å². The molecule has 0 saturated heterocycles. The number of hydrogen-bond acceptors (Lipinski definition) is 4. The minimum absolute atomic E-state index is 0.258. The lowest BCUT2D eigenvalue weighted by Crippen LogP contribution is -2.12. The maximum atomic E-state index is 12.5. The van der Waals surface area contributed by atoms with Gasteiger partial charge < -0.3 is 10.1 Å². The van der Waals surface area contributed by atoms with Gasteiger partial charge in [-0.3, -0.25) is 9.48 Å². The molecule has 0 saturated carbocycles. The zero-order valence-electron chi connectivity index (χ0n) is 14.4. The van der Waals surface area contributed by atoms with Gasteiger partial charge in [-0.2, -0.15) is 5.10 Å². The Bertz CT molecular complexity index is 927. The topological polar surface area (TPSA) is 56.1 Å². The number of halogens is 1. The van der Waals surface area contributed by atoms with Gasteiger partial charge in [-0.1, -0.05) is 23.7 Å². The number of nitrogens with one attached hydrogen (secondary N) is 1. The molecule has 0 spiro atoms. The van der Waals surface area contributed by atoms with E-state index < -0.39 is 0 Å². The molecular weight excluding hydrogens is 370 g/mol. The smallest absolute Gasteiger partial charge is 0.257 e. The van der Waals surface area contributed by atoms with E-state index in [1.165, 1.54) is 0 Å². The van der Waals surface area contributed by atoms with Crippen LogP contribution < -0.4 is 10.1 Å². The number of benzene rings is 2. The third-order valence-electron chi connectivity index (χ3n) is 3.79. The molecule has 0 atom stereocenters. The Morgan fingerprint density at radius 1 is 1.31 bits per heavy atom. The number of carbonyl (C=O) groups is 1. The summed E-state index contributed by atoms with van der Waals surface area (Å²) < 4.78 is 6.98. The molecule has 0 fully saturated rings. The maximum Gasteiger partial charge on any atom is 0.257 e. The Morgan fingerprint density at radius 2 is 2.15 bits per heavy atom. The summed E-state index contributed by atoms with van der Waals surface area (Å²) in [6.45, 7) is 0.579. The Hall–Kier alpha value is -2.44. The van der Waals surface area contributed by atoms with Gasteiger partial charge in [0.05, 0.1) is 36.1 Å². The van der Waals surface area contributed by atoms with Crippen LogP contribution in [0.2, 0.25) is 5.02 Å². The van der Waals surface area contributed by atoms with Crippen molar-refractivity contribution < 1.29 is 9.53 Å². The van der Waals surface area contributed by atoms with Crippen LogP contribution in [0.4, 0.5) is 5.69 Å². The summed E-state index contributed by atoms with van der Waals surface area (Å²) in [6, 6.07) is 13.2. The summed E-state index contributed by atoms with van der Waals surface area (Å²) in [6.07, 6.45) is 5.35. The molecule has 0 bridgehead atoms. The summed E-state index contributed by atoms with van der Waals surface area (Å²) in [5, 5.41) is 7.55. The summed E-state index contributed by atoms with van der Waals surface area (Å²) >= 11 is 7.71. The molecule has 0 unspecified atom stereocenters. The molecule has 1 amide bonds. The Labute approximate surface area is 161 Å². The Kier molecular flexibility index (Phi) is 5.85. The van der Waals surface area contributed by atoms with Gasteiger partial charge in [0, 0.05) is 11.1 Å². The number of rotatable bonds is 6. The second kappa shape index (κ2) is 8.29. The lowest BCUT2D eigenvalue weighted by Gasteiger charge is -2.07. The van der Waals surface area contributed by atoms with E-state index in [9.17, 15) is 4.79 Å². The van der Waals surface area contributed by atoms with Gasteiger partial charge >= 0.3 is 0 Å². The normalized spacial score (nSPS) is 10.6. The van der Waals surface area contributed by atoms with E-state index in [0.29, 0.717) is 22.8 Å². The molecule has 5 nitrogen and oxygen atoms in total. The van der Waals surface area contributed by atoms with E-state index in [1.807, 2.05) is 36.6 Å². The molecule has 3 rings (SSSR count). The van der Waals surface area contributed by atoms with E-state index in [-0.39, 0.29) is 5.91 Å². The van der Waals surface area contributed by atoms with Crippen molar-refractivity contribution in [2.75, 3.05) is 18.7 Å². The van der Waals surface area contributed by atoms with Crippen LogP contribution in [0, 0.1) is 0 Å². The van der Waals surface area contributed by atoms with E-state index in [2.05, 4.69) is 10.4 Å². The number of nitrogens with zero attached hydrogens (tertiary/aromatic N) is 2. The van der Waals surface area contributed by atoms with Gasteiger partial charge in [0.25, 0.3) is 5.91 Å². The van der Waals surface area contributed by atoms with E-state index in [4.69, 9.17) is 16.3 Å². The molecule has 26 heavy (non-hydrogen) atoms. The van der Waals surface area contributed by atoms with Crippen LogP contribution in [-0.2, 0) is 6.54 Å². The lowest BCUT2D eigenvalue weighted by atomic mass is 10.2. The van der Waals surface area contributed by atoms with Gasteiger partial charge in [0.1, 0.15) is 5.75 Å². The van der Waals surface area contributed by atoms with Gasteiger partial charge in [-0.05, 0) is 42.2 Å². The Balaban J connectivity index is 1.71. The highest BCUT2D eigenvalue weighted by atomic mass is 35.5. The van der Waals surface area contributed by atoms with Gasteiger partial charge in [-0.25, -0.2) is 0 Å². The van der Waals surface area contributed by atoms with Crippen molar-refractivity contribution >= 4 is 35.0 Å². The number of methoxy groups -OCH3 is 1. The molecule has 0 aliphatic heterocycles. The summed E-state index contributed by atoms with van der Waals surface area (Å²) in [7, 11) is 1.64. The predicted octanol–water partition coefficient (Wildman–Crippen LogP) is 4.57. The van der Waals surface area contributed by atoms with E-state index >= 15 is 0 Å². The van der Waals surface area contributed by atoms with Crippen molar-refractivity contribution in [2.24, 2.45) is 0 Å². The molecule has 3 aromatic rings. The zero-order chi connectivity index (χ0) is 18.5. The quantitative estimate of drug-likeness (QED) is 0.629. The van der Waals surface area contributed by atoms with E-state index in [1.54, 1.807) is 48.1 Å². The predicted molar refractivity (Wildman–Crippen MR) is 106 cm³/mol. The first-order valence-electron chi connectivity index (χ1n) is 7.89. The number of carbonyl (C=O) groups excluding carboxylic acids is 1. The van der Waals surface area contributed by atoms with Crippen LogP contribution >= 0.6 is 23.4 Å². The molecule has 0 radical (unpaired) electrons. The second-order valence-corrected chi connectivity index (χ2v) is 6.86. The summed E-state index contributed by atoms with van der Waals surface area (Å²) in [5.41, 5.74) is 2.11. The first kappa shape index (κ1) is 18.4. The SMILES string of the molecule is COc1cccc(Cn2cc(NC(=O)c3cc(SC)ccc3Cl)cn2)c1. The molecule has 2 aromatic carbocycles. The molecule has 7 heteroatoms. The third-order valence-corrected chi connectivity index (χ3v) is 4.84. The number of amides is 1. The number of aromatic nitrogens is 2. The van der Waals surface area contributed by atoms with E-state index in [0.717, 1.165) is 16.2 Å². The standard InChI is InChI=1S/C19H18ClN3O2S/c1-25-15-5-3-4-13(8-15)11-23-12-14(10-21-23)22-19(24)17-9-16(26-2)6-7-18(17)20/h3-10,12H,11H2,1-2H3,(H,22,24). The van der Waals surface area contributed by atoms with Crippen molar-refractivity contribution in [1.29, 1.82) is 0 Å². The Morgan fingerprint density at radius 3 is 2.92 bits per heavy atom. The molecule has 1 heterocycles. The highest BCUT2D eigenvalue weighted by Gasteiger charge is 2.12. The first-order valence-corrected chi connectivity index (χ1v) is 9.49. The highest BCUT2D eigenvalue weighted by molar-refractivity contribution is 7.98. The molecule has 1 aromatic heterocycles. The zero-order valence-corrected chi connectivity index (χ0v) is 16.0. The molecule has 1 N–H and O–H groups in total. The molecule has 0 aliphatic rings. The lowest BCUT2D eigenvalue weighted by molar-refractivity contribution is 0.102. The second-order valence-electron chi connectivity index (χ2n) is 5.58. The summed E-state index contributed by atoms with van der Waals surface area (Å²) in [5.74, 6) is 0.540. The fraction of sp³-hybridized carbons (Fsp3) is 0.158. The van der Waals surface area contributed by atoms with Crippen molar-refractivity contribution in [1.82, 2.24) is 9.78 Å². The van der Waals surface area contributed by atoms with Crippen LogP contribution in [-0.4, -0.2) is 29.1 Å². The van der Waals surface area contributed by atoms with Crippen molar-refractivity contribution in [3.8, 4) is 5.75 Å². The number of ether oxygens (including phenoxy) is 1. The molecular formula is C19H18ClN3O2S. The number of anilines is 1. The molecule has 0 aliphatic carbocycles. The minimum Gasteiger partial charge on any atom is -0.497 e.